The summed E-state index contributed by atoms with van der Waals surface area (Å²) in [5.41, 5.74) is 7.31. The van der Waals surface area contributed by atoms with Gasteiger partial charge in [0.15, 0.2) is 11.6 Å². The van der Waals surface area contributed by atoms with E-state index in [9.17, 15) is 0 Å². The third-order valence-electron chi connectivity index (χ3n) is 8.54. The van der Waals surface area contributed by atoms with Crippen LogP contribution in [-0.2, 0) is 0 Å². The topological polar surface area (TPSA) is 63.5 Å². The fourth-order valence-corrected chi connectivity index (χ4v) is 5.88. The lowest BCUT2D eigenvalue weighted by Gasteiger charge is -2.18. The third kappa shape index (κ3) is 9.81. The maximum atomic E-state index is 5.20. The molecule has 1 aromatic heterocycles. The van der Waals surface area contributed by atoms with E-state index < -0.39 is 0 Å². The van der Waals surface area contributed by atoms with Crippen LogP contribution in [0.15, 0.2) is 88.8 Å². The van der Waals surface area contributed by atoms with E-state index >= 15 is 0 Å². The average Bonchev–Trinajstić information content (AvgIpc) is 3.43. The maximum absolute atomic E-state index is 5.20. The molecule has 252 valence electrons. The zero-order valence-corrected chi connectivity index (χ0v) is 29.5. The molecular formula is C40H52N8. The molecule has 2 heterocycles. The van der Waals surface area contributed by atoms with Gasteiger partial charge >= 0.3 is 0 Å². The first kappa shape index (κ1) is 34.9. The molecule has 0 atom stereocenters. The minimum atomic E-state index is 0.703. The van der Waals surface area contributed by atoms with Crippen molar-refractivity contribution in [3.05, 3.63) is 90.0 Å². The summed E-state index contributed by atoms with van der Waals surface area (Å²) in [6.07, 6.45) is 11.0. The monoisotopic (exact) mass is 644 g/mol. The first-order valence-electron chi connectivity index (χ1n) is 17.3. The van der Waals surface area contributed by atoms with Crippen molar-refractivity contribution in [3.63, 3.8) is 0 Å². The summed E-state index contributed by atoms with van der Waals surface area (Å²) < 4.78 is 0. The summed E-state index contributed by atoms with van der Waals surface area (Å²) in [7, 11) is 10.6. The number of anilines is 3. The molecule has 5 rings (SSSR count). The number of nitrogens with zero attached hydrogens (tertiary/aromatic N) is 8. The number of unbranched alkanes of at least 4 members (excludes halogenated alkanes) is 4. The van der Waals surface area contributed by atoms with Gasteiger partial charge in [-0.1, -0.05) is 79.6 Å². The van der Waals surface area contributed by atoms with Crippen LogP contribution in [0.4, 0.5) is 17.2 Å². The number of benzene rings is 3. The van der Waals surface area contributed by atoms with Crippen LogP contribution in [0.1, 0.15) is 49.7 Å². The van der Waals surface area contributed by atoms with Crippen LogP contribution < -0.4 is 9.80 Å². The summed E-state index contributed by atoms with van der Waals surface area (Å²) in [6.45, 7) is 4.69. The van der Waals surface area contributed by atoms with Gasteiger partial charge in [-0.2, -0.15) is 0 Å². The first-order chi connectivity index (χ1) is 23.4. The molecule has 0 spiro atoms. The number of para-hydroxylation sites is 1. The number of aromatic nitrogens is 2. The fourth-order valence-electron chi connectivity index (χ4n) is 5.88. The normalized spacial score (nSPS) is 13.1. The van der Waals surface area contributed by atoms with Crippen LogP contribution in [0.25, 0.3) is 22.6 Å². The molecule has 4 aromatic rings. The Morgan fingerprint density at radius 2 is 1.19 bits per heavy atom. The van der Waals surface area contributed by atoms with Crippen LogP contribution >= 0.6 is 0 Å². The van der Waals surface area contributed by atoms with Gasteiger partial charge in [0.05, 0.1) is 12.4 Å². The van der Waals surface area contributed by atoms with Crippen LogP contribution in [0.2, 0.25) is 0 Å². The predicted molar refractivity (Wildman–Crippen MR) is 204 cm³/mol. The van der Waals surface area contributed by atoms with Crippen LogP contribution in [0, 0.1) is 0 Å². The minimum absolute atomic E-state index is 0.703. The minimum Gasteiger partial charge on any atom is -0.352 e. The second kappa shape index (κ2) is 17.7. The van der Waals surface area contributed by atoms with E-state index in [1.165, 1.54) is 25.7 Å². The quantitative estimate of drug-likeness (QED) is 0.0869. The van der Waals surface area contributed by atoms with E-state index in [1.54, 1.807) is 0 Å². The molecule has 0 saturated carbocycles. The summed E-state index contributed by atoms with van der Waals surface area (Å²) in [4.78, 5) is 28.7. The lowest BCUT2D eigenvalue weighted by atomic mass is 10.1. The van der Waals surface area contributed by atoms with E-state index in [1.807, 2.05) is 18.5 Å². The molecule has 0 aliphatic carbocycles. The van der Waals surface area contributed by atoms with Crippen LogP contribution in [0.3, 0.4) is 0 Å². The van der Waals surface area contributed by atoms with E-state index in [-0.39, 0.29) is 0 Å². The molecule has 8 heteroatoms. The fraction of sp³-hybridized carbons (Fsp3) is 0.400. The van der Waals surface area contributed by atoms with Crippen LogP contribution in [0.5, 0.6) is 0 Å². The molecule has 0 bridgehead atoms. The summed E-state index contributed by atoms with van der Waals surface area (Å²) in [5.74, 6) is 1.63. The van der Waals surface area contributed by atoms with Crippen molar-refractivity contribution in [1.29, 1.82) is 0 Å². The molecule has 48 heavy (non-hydrogen) atoms. The van der Waals surface area contributed by atoms with Crippen LogP contribution in [-0.4, -0.2) is 100 Å². The number of rotatable bonds is 17. The van der Waals surface area contributed by atoms with Gasteiger partial charge in [0, 0.05) is 49.4 Å². The van der Waals surface area contributed by atoms with Gasteiger partial charge in [-0.25, -0.2) is 9.97 Å². The molecule has 0 fully saturated rings. The Kier molecular flexibility index (Phi) is 12.9. The van der Waals surface area contributed by atoms with E-state index in [4.69, 9.17) is 9.97 Å². The van der Waals surface area contributed by atoms with Gasteiger partial charge in [0.1, 0.15) is 5.69 Å². The van der Waals surface area contributed by atoms with Crippen molar-refractivity contribution >= 4 is 29.6 Å². The Balaban J connectivity index is 1.35. The summed E-state index contributed by atoms with van der Waals surface area (Å²) in [5, 5.41) is 0. The largest absolute Gasteiger partial charge is 0.352 e. The number of hydrogen-bond acceptors (Lipinski definition) is 8. The Hall–Kier alpha value is -4.40. The molecule has 0 radical (unpaired) electrons. The highest BCUT2D eigenvalue weighted by Crippen LogP contribution is 2.44. The van der Waals surface area contributed by atoms with Crippen molar-refractivity contribution in [3.8, 4) is 22.6 Å². The molecule has 1 aliphatic rings. The van der Waals surface area contributed by atoms with Gasteiger partial charge in [-0.3, -0.25) is 9.98 Å². The molecule has 0 saturated heterocycles. The number of hydrogen-bond donors (Lipinski definition) is 0. The van der Waals surface area contributed by atoms with Gasteiger partial charge in [-0.05, 0) is 90.2 Å². The first-order valence-corrected chi connectivity index (χ1v) is 17.3. The zero-order chi connectivity index (χ0) is 33.7. The predicted octanol–water partition coefficient (Wildman–Crippen LogP) is 7.66. The highest BCUT2D eigenvalue weighted by Gasteiger charge is 2.31. The lowest BCUT2D eigenvalue weighted by Crippen LogP contribution is -2.24. The van der Waals surface area contributed by atoms with E-state index in [0.29, 0.717) is 12.5 Å². The van der Waals surface area contributed by atoms with E-state index in [0.717, 1.165) is 84.2 Å². The summed E-state index contributed by atoms with van der Waals surface area (Å²) >= 11 is 0. The van der Waals surface area contributed by atoms with Crippen molar-refractivity contribution < 1.29 is 0 Å². The van der Waals surface area contributed by atoms with E-state index in [2.05, 4.69) is 138 Å². The van der Waals surface area contributed by atoms with Crippen molar-refractivity contribution in [1.82, 2.24) is 19.8 Å². The second-order valence-corrected chi connectivity index (χ2v) is 13.2. The lowest BCUT2D eigenvalue weighted by molar-refractivity contribution is 0.392. The second-order valence-electron chi connectivity index (χ2n) is 13.2. The number of fused-ring (bicyclic) bond motifs is 1. The van der Waals surface area contributed by atoms with Crippen molar-refractivity contribution in [2.45, 2.75) is 38.5 Å². The standard InChI is InChI=1S/C40H52N8/c1-45(2)27-13-7-11-25-41-29-32-17-21-34(22-18-32)37-38-40(48(31-47(38)5)36-15-9-6-10-16-36)44-39(43-37)35-23-19-33(20-24-35)30-42-26-12-8-14-28-46(3)4/h6,9-10,15-24,29-30H,7-8,11-14,25-28,31H2,1-5H3. The highest BCUT2D eigenvalue weighted by atomic mass is 15.4. The Morgan fingerprint density at radius 1 is 0.646 bits per heavy atom. The molecular weight excluding hydrogens is 592 g/mol. The molecule has 3 aromatic carbocycles. The molecule has 0 unspecified atom stereocenters. The molecule has 8 nitrogen and oxygen atoms in total. The Bertz CT molecular complexity index is 1610. The highest BCUT2D eigenvalue weighted by molar-refractivity contribution is 5.92. The van der Waals surface area contributed by atoms with Gasteiger partial charge in [-0.15, -0.1) is 0 Å². The molecule has 0 N–H and O–H groups in total. The van der Waals surface area contributed by atoms with Gasteiger partial charge < -0.3 is 19.6 Å². The smallest absolute Gasteiger partial charge is 0.163 e. The maximum Gasteiger partial charge on any atom is 0.163 e. The van der Waals surface area contributed by atoms with Gasteiger partial charge in [0.25, 0.3) is 0 Å². The van der Waals surface area contributed by atoms with Gasteiger partial charge in [0.2, 0.25) is 0 Å². The Morgan fingerprint density at radius 3 is 1.73 bits per heavy atom. The third-order valence-corrected chi connectivity index (χ3v) is 8.54. The molecule has 0 amide bonds. The SMILES string of the molecule is CN(C)CCCCCN=Cc1ccc(-c2nc(-c3ccc(C=NCCCCCN(C)C)cc3)c3c(n2)N(c2ccccc2)CN3C)cc1. The average molecular weight is 645 g/mol. The summed E-state index contributed by atoms with van der Waals surface area (Å²) in [6, 6.07) is 27.5. The molecule has 1 aliphatic heterocycles. The number of aliphatic imine (C=N–C) groups is 2. The zero-order valence-electron chi connectivity index (χ0n) is 29.5. The van der Waals surface area contributed by atoms with Crippen molar-refractivity contribution in [2.75, 3.05) is 77.9 Å². The van der Waals surface area contributed by atoms with Crippen molar-refractivity contribution in [2.24, 2.45) is 9.98 Å². The Labute approximate surface area is 287 Å².